The van der Waals surface area contributed by atoms with E-state index >= 15 is 0 Å². The number of aryl methyl sites for hydroxylation is 3. The quantitative estimate of drug-likeness (QED) is 0.807. The Morgan fingerprint density at radius 1 is 1.23 bits per heavy atom. The summed E-state index contributed by atoms with van der Waals surface area (Å²) in [5, 5.41) is 8.14. The number of fused-ring (bicyclic) bond motifs is 1. The summed E-state index contributed by atoms with van der Waals surface area (Å²) in [4.78, 5) is 16.6. The van der Waals surface area contributed by atoms with E-state index in [1.165, 1.54) is 5.56 Å². The Balaban J connectivity index is 1.77. The van der Waals surface area contributed by atoms with Crippen molar-refractivity contribution in [2.24, 2.45) is 7.05 Å². The fourth-order valence-electron chi connectivity index (χ4n) is 2.42. The molecule has 3 aromatic rings. The van der Waals surface area contributed by atoms with E-state index in [0.29, 0.717) is 12.1 Å². The van der Waals surface area contributed by atoms with E-state index in [4.69, 9.17) is 0 Å². The summed E-state index contributed by atoms with van der Waals surface area (Å²) < 4.78 is 1.72. The minimum atomic E-state index is -0.127. The van der Waals surface area contributed by atoms with Crippen molar-refractivity contribution in [2.45, 2.75) is 20.4 Å². The van der Waals surface area contributed by atoms with Crippen LogP contribution in [0.3, 0.4) is 0 Å². The van der Waals surface area contributed by atoms with Crippen LogP contribution in [0.1, 0.15) is 27.2 Å². The second-order valence-electron chi connectivity index (χ2n) is 5.47. The molecule has 0 aliphatic carbocycles. The molecule has 0 atom stereocenters. The zero-order valence-corrected chi connectivity index (χ0v) is 12.9. The van der Waals surface area contributed by atoms with Crippen LogP contribution in [0.5, 0.6) is 0 Å². The molecule has 0 aliphatic heterocycles. The highest BCUT2D eigenvalue weighted by Crippen LogP contribution is 2.16. The molecule has 2 heterocycles. The van der Waals surface area contributed by atoms with Crippen molar-refractivity contribution in [3.63, 3.8) is 0 Å². The number of nitrogens with zero attached hydrogens (tertiary/aromatic N) is 3. The van der Waals surface area contributed by atoms with Gasteiger partial charge in [-0.05, 0) is 25.5 Å². The lowest BCUT2D eigenvalue weighted by Crippen LogP contribution is -2.22. The first-order chi connectivity index (χ1) is 10.5. The first kappa shape index (κ1) is 14.3. The number of hydrogen-bond acceptors (Lipinski definition) is 3. The highest BCUT2D eigenvalue weighted by atomic mass is 16.1. The molecule has 5 nitrogen and oxygen atoms in total. The van der Waals surface area contributed by atoms with Crippen molar-refractivity contribution < 1.29 is 4.79 Å². The first-order valence-electron chi connectivity index (χ1n) is 7.17. The van der Waals surface area contributed by atoms with Gasteiger partial charge in [0.15, 0.2) is 5.65 Å². The fourth-order valence-corrected chi connectivity index (χ4v) is 2.42. The van der Waals surface area contributed by atoms with Crippen LogP contribution < -0.4 is 5.32 Å². The van der Waals surface area contributed by atoms with Gasteiger partial charge in [-0.15, -0.1) is 0 Å². The van der Waals surface area contributed by atoms with E-state index in [-0.39, 0.29) is 5.91 Å². The van der Waals surface area contributed by atoms with Crippen LogP contribution in [0, 0.1) is 13.8 Å². The van der Waals surface area contributed by atoms with Crippen molar-refractivity contribution in [1.29, 1.82) is 0 Å². The van der Waals surface area contributed by atoms with Gasteiger partial charge in [0.25, 0.3) is 5.91 Å². The molecule has 1 N–H and O–H groups in total. The molecule has 0 saturated carbocycles. The van der Waals surface area contributed by atoms with Gasteiger partial charge >= 0.3 is 0 Å². The van der Waals surface area contributed by atoms with Crippen LogP contribution in [-0.4, -0.2) is 20.7 Å². The molecule has 0 spiro atoms. The topological polar surface area (TPSA) is 59.8 Å². The molecule has 112 valence electrons. The number of nitrogens with one attached hydrogen (secondary N) is 1. The lowest BCUT2D eigenvalue weighted by Gasteiger charge is -2.06. The van der Waals surface area contributed by atoms with Gasteiger partial charge in [-0.2, -0.15) is 5.10 Å². The zero-order valence-electron chi connectivity index (χ0n) is 12.9. The van der Waals surface area contributed by atoms with Crippen molar-refractivity contribution in [2.75, 3.05) is 0 Å². The van der Waals surface area contributed by atoms with Crippen molar-refractivity contribution >= 4 is 16.9 Å². The third kappa shape index (κ3) is 2.70. The van der Waals surface area contributed by atoms with Gasteiger partial charge in [-0.1, -0.05) is 29.8 Å². The minimum Gasteiger partial charge on any atom is -0.348 e. The number of aromatic nitrogens is 3. The maximum absolute atomic E-state index is 12.3. The molecule has 1 amide bonds. The average Bonchev–Trinajstić information content (AvgIpc) is 2.81. The second-order valence-corrected chi connectivity index (χ2v) is 5.47. The third-order valence-electron chi connectivity index (χ3n) is 3.70. The van der Waals surface area contributed by atoms with E-state index < -0.39 is 0 Å². The molecular weight excluding hydrogens is 276 g/mol. The standard InChI is InChI=1S/C17H18N4O/c1-11-4-6-13(7-5-11)9-19-17(22)14-8-15-12(2)20-21(3)16(15)18-10-14/h4-8,10H,9H2,1-3H3,(H,19,22). The fraction of sp³-hybridized carbons (Fsp3) is 0.235. The van der Waals surface area contributed by atoms with Crippen LogP contribution in [0.4, 0.5) is 0 Å². The van der Waals surface area contributed by atoms with E-state index in [9.17, 15) is 4.79 Å². The van der Waals surface area contributed by atoms with Crippen molar-refractivity contribution in [1.82, 2.24) is 20.1 Å². The molecule has 0 aliphatic rings. The molecular formula is C17H18N4O. The number of hydrogen-bond donors (Lipinski definition) is 1. The Morgan fingerprint density at radius 2 is 1.95 bits per heavy atom. The van der Waals surface area contributed by atoms with Crippen LogP contribution in [0.15, 0.2) is 36.5 Å². The van der Waals surface area contributed by atoms with Crippen LogP contribution in [-0.2, 0) is 13.6 Å². The molecule has 0 radical (unpaired) electrons. The molecule has 22 heavy (non-hydrogen) atoms. The summed E-state index contributed by atoms with van der Waals surface area (Å²) in [5.41, 5.74) is 4.49. The predicted molar refractivity (Wildman–Crippen MR) is 85.6 cm³/mol. The van der Waals surface area contributed by atoms with Crippen molar-refractivity contribution in [3.05, 3.63) is 58.9 Å². The number of benzene rings is 1. The molecule has 0 bridgehead atoms. The summed E-state index contributed by atoms with van der Waals surface area (Å²) in [5.74, 6) is -0.127. The minimum absolute atomic E-state index is 0.127. The maximum atomic E-state index is 12.3. The zero-order chi connectivity index (χ0) is 15.7. The number of amides is 1. The van der Waals surface area contributed by atoms with E-state index in [2.05, 4.69) is 15.4 Å². The average molecular weight is 294 g/mol. The molecule has 5 heteroatoms. The summed E-state index contributed by atoms with van der Waals surface area (Å²) in [6, 6.07) is 9.95. The Kier molecular flexibility index (Phi) is 3.63. The van der Waals surface area contributed by atoms with Gasteiger partial charge in [0.2, 0.25) is 0 Å². The largest absolute Gasteiger partial charge is 0.348 e. The lowest BCUT2D eigenvalue weighted by atomic mass is 10.1. The van der Waals surface area contributed by atoms with Gasteiger partial charge in [-0.25, -0.2) is 4.98 Å². The molecule has 0 saturated heterocycles. The summed E-state index contributed by atoms with van der Waals surface area (Å²) in [6.07, 6.45) is 1.59. The number of pyridine rings is 1. The SMILES string of the molecule is Cc1ccc(CNC(=O)c2cnc3c(c2)c(C)nn3C)cc1. The van der Waals surface area contributed by atoms with E-state index in [1.54, 1.807) is 10.9 Å². The smallest absolute Gasteiger partial charge is 0.253 e. The highest BCUT2D eigenvalue weighted by Gasteiger charge is 2.11. The normalized spacial score (nSPS) is 10.9. The van der Waals surface area contributed by atoms with Gasteiger partial charge < -0.3 is 5.32 Å². The van der Waals surface area contributed by atoms with Crippen LogP contribution in [0.2, 0.25) is 0 Å². The molecule has 0 fully saturated rings. The highest BCUT2D eigenvalue weighted by molar-refractivity contribution is 5.97. The van der Waals surface area contributed by atoms with Gasteiger partial charge in [0, 0.05) is 25.2 Å². The molecule has 3 rings (SSSR count). The summed E-state index contributed by atoms with van der Waals surface area (Å²) in [6.45, 7) is 4.46. The predicted octanol–water partition coefficient (Wildman–Crippen LogP) is 2.52. The third-order valence-corrected chi connectivity index (χ3v) is 3.70. The first-order valence-corrected chi connectivity index (χ1v) is 7.17. The second kappa shape index (κ2) is 5.60. The molecule has 0 unspecified atom stereocenters. The number of rotatable bonds is 3. The Morgan fingerprint density at radius 3 is 2.68 bits per heavy atom. The monoisotopic (exact) mass is 294 g/mol. The maximum Gasteiger partial charge on any atom is 0.253 e. The Bertz CT molecular complexity index is 834. The molecule has 2 aromatic heterocycles. The van der Waals surface area contributed by atoms with Gasteiger partial charge in [0.1, 0.15) is 0 Å². The number of carbonyl (C=O) groups is 1. The van der Waals surface area contributed by atoms with E-state index in [0.717, 1.165) is 22.3 Å². The van der Waals surface area contributed by atoms with E-state index in [1.807, 2.05) is 51.2 Å². The Hall–Kier alpha value is -2.69. The van der Waals surface area contributed by atoms with Gasteiger partial charge in [-0.3, -0.25) is 9.48 Å². The Labute approximate surface area is 129 Å². The lowest BCUT2D eigenvalue weighted by molar-refractivity contribution is 0.0950. The summed E-state index contributed by atoms with van der Waals surface area (Å²) >= 11 is 0. The van der Waals surface area contributed by atoms with Crippen LogP contribution in [0.25, 0.3) is 11.0 Å². The molecule has 1 aromatic carbocycles. The van der Waals surface area contributed by atoms with Gasteiger partial charge in [0.05, 0.1) is 11.3 Å². The number of carbonyl (C=O) groups excluding carboxylic acids is 1. The van der Waals surface area contributed by atoms with Crippen LogP contribution >= 0.6 is 0 Å². The summed E-state index contributed by atoms with van der Waals surface area (Å²) in [7, 11) is 1.85. The van der Waals surface area contributed by atoms with Crippen molar-refractivity contribution in [3.8, 4) is 0 Å².